The second-order valence-corrected chi connectivity index (χ2v) is 12.3. The van der Waals surface area contributed by atoms with Gasteiger partial charge >= 0.3 is 0 Å². The monoisotopic (exact) mass is 521 g/mol. The highest BCUT2D eigenvalue weighted by atomic mass is 32.2. The Bertz CT molecular complexity index is 1320. The molecule has 0 saturated carbocycles. The zero-order valence-corrected chi connectivity index (χ0v) is 21.3. The number of sulfonamides is 1. The molecule has 5 rings (SSSR count). The Morgan fingerprint density at radius 3 is 2.77 bits per heavy atom. The molecule has 188 valence electrons. The van der Waals surface area contributed by atoms with E-state index in [9.17, 15) is 17.2 Å². The fourth-order valence-corrected chi connectivity index (χ4v) is 7.45. The Labute approximate surface area is 208 Å². The highest BCUT2D eigenvalue weighted by Gasteiger charge is 2.29. The van der Waals surface area contributed by atoms with Gasteiger partial charge in [0, 0.05) is 31.0 Å². The van der Waals surface area contributed by atoms with Crippen LogP contribution in [0.4, 0.5) is 8.78 Å². The summed E-state index contributed by atoms with van der Waals surface area (Å²) in [4.78, 5) is 4.96. The normalized spacial score (nSPS) is 21.7. The predicted octanol–water partition coefficient (Wildman–Crippen LogP) is 5.21. The van der Waals surface area contributed by atoms with Crippen molar-refractivity contribution >= 4 is 32.8 Å². The van der Waals surface area contributed by atoms with E-state index in [0.717, 1.165) is 43.3 Å². The van der Waals surface area contributed by atoms with Crippen LogP contribution in [0, 0.1) is 17.6 Å². The maximum absolute atomic E-state index is 14.2. The van der Waals surface area contributed by atoms with Crippen LogP contribution in [0.15, 0.2) is 46.5 Å². The van der Waals surface area contributed by atoms with E-state index in [4.69, 9.17) is 9.72 Å². The Morgan fingerprint density at radius 1 is 1.14 bits per heavy atom. The zero-order chi connectivity index (χ0) is 24.6. The van der Waals surface area contributed by atoms with Crippen LogP contribution in [0.25, 0.3) is 11.0 Å². The van der Waals surface area contributed by atoms with Gasteiger partial charge in [-0.3, -0.25) is 0 Å². The zero-order valence-electron chi connectivity index (χ0n) is 19.6. The van der Waals surface area contributed by atoms with Gasteiger partial charge in [-0.1, -0.05) is 18.7 Å². The van der Waals surface area contributed by atoms with Crippen molar-refractivity contribution in [2.45, 2.75) is 61.1 Å². The quantitative estimate of drug-likeness (QED) is 0.400. The summed E-state index contributed by atoms with van der Waals surface area (Å²) in [5.74, 6) is -0.421. The number of halogens is 2. The van der Waals surface area contributed by atoms with Crippen molar-refractivity contribution < 1.29 is 21.9 Å². The van der Waals surface area contributed by atoms with Gasteiger partial charge in [0.15, 0.2) is 5.16 Å². The summed E-state index contributed by atoms with van der Waals surface area (Å²) in [5, 5.41) is 0.625. The first-order valence-electron chi connectivity index (χ1n) is 12.0. The number of piperidine rings is 1. The molecule has 0 amide bonds. The van der Waals surface area contributed by atoms with Gasteiger partial charge in [-0.2, -0.15) is 4.31 Å². The number of thioether (sulfide) groups is 1. The third-order valence-electron chi connectivity index (χ3n) is 6.72. The first-order chi connectivity index (χ1) is 16.8. The van der Waals surface area contributed by atoms with Crippen molar-refractivity contribution in [1.29, 1.82) is 0 Å². The lowest BCUT2D eigenvalue weighted by atomic mass is 10.0. The first kappa shape index (κ1) is 24.7. The summed E-state index contributed by atoms with van der Waals surface area (Å²) >= 11 is 1.30. The lowest BCUT2D eigenvalue weighted by molar-refractivity contribution is 0.0960. The van der Waals surface area contributed by atoms with Crippen LogP contribution in [0.5, 0.6) is 0 Å². The van der Waals surface area contributed by atoms with Crippen molar-refractivity contribution in [3.8, 4) is 0 Å². The number of benzene rings is 2. The highest BCUT2D eigenvalue weighted by Crippen LogP contribution is 2.32. The predicted molar refractivity (Wildman–Crippen MR) is 132 cm³/mol. The topological polar surface area (TPSA) is 64.4 Å². The van der Waals surface area contributed by atoms with E-state index in [1.165, 1.54) is 17.8 Å². The standard InChI is InChI=1S/C25H29F2N3O3S2/c1-17-4-2-10-29(14-17)35(31,32)21-7-9-24-23(13-21)28-25(30(24)15-20-5-3-11-33-20)34-16-18-12-19(26)6-8-22(18)27/h6-9,12-13,17,20H,2-5,10-11,14-16H2,1H3/t17-,20+/m0/s1. The molecule has 2 atom stereocenters. The van der Waals surface area contributed by atoms with Gasteiger partial charge in [0.1, 0.15) is 11.6 Å². The third kappa shape index (κ3) is 5.26. The third-order valence-corrected chi connectivity index (χ3v) is 9.60. The summed E-state index contributed by atoms with van der Waals surface area (Å²) in [6, 6.07) is 8.48. The van der Waals surface area contributed by atoms with Gasteiger partial charge in [-0.25, -0.2) is 22.2 Å². The van der Waals surface area contributed by atoms with Crippen molar-refractivity contribution in [3.05, 3.63) is 53.6 Å². The van der Waals surface area contributed by atoms with Gasteiger partial charge in [0.25, 0.3) is 0 Å². The summed E-state index contributed by atoms with van der Waals surface area (Å²) < 4.78 is 63.9. The van der Waals surface area contributed by atoms with Crippen LogP contribution in [0.2, 0.25) is 0 Å². The van der Waals surface area contributed by atoms with Gasteiger partial charge in [-0.05, 0) is 68.0 Å². The van der Waals surface area contributed by atoms with E-state index >= 15 is 0 Å². The number of ether oxygens (including phenoxy) is 1. The molecule has 6 nitrogen and oxygen atoms in total. The first-order valence-corrected chi connectivity index (χ1v) is 14.4. The number of nitrogens with zero attached hydrogens (tertiary/aromatic N) is 3. The molecule has 0 spiro atoms. The van der Waals surface area contributed by atoms with E-state index in [1.54, 1.807) is 22.5 Å². The molecule has 0 unspecified atom stereocenters. The molecule has 2 aliphatic heterocycles. The average molecular weight is 522 g/mol. The number of hydrogen-bond donors (Lipinski definition) is 0. The summed E-state index contributed by atoms with van der Waals surface area (Å²) in [5.41, 5.74) is 1.62. The van der Waals surface area contributed by atoms with Crippen molar-refractivity contribution in [2.24, 2.45) is 5.92 Å². The van der Waals surface area contributed by atoms with Crippen LogP contribution in [-0.4, -0.2) is 48.1 Å². The molecule has 1 aromatic heterocycles. The van der Waals surface area contributed by atoms with Crippen LogP contribution in [0.1, 0.15) is 38.2 Å². The molecule has 0 bridgehead atoms. The van der Waals surface area contributed by atoms with Gasteiger partial charge < -0.3 is 9.30 Å². The molecule has 2 fully saturated rings. The van der Waals surface area contributed by atoms with Crippen molar-refractivity contribution in [3.63, 3.8) is 0 Å². The molecule has 3 heterocycles. The smallest absolute Gasteiger partial charge is 0.243 e. The largest absolute Gasteiger partial charge is 0.376 e. The van der Waals surface area contributed by atoms with Crippen LogP contribution >= 0.6 is 11.8 Å². The van der Waals surface area contributed by atoms with E-state index < -0.39 is 21.7 Å². The lowest BCUT2D eigenvalue weighted by Crippen LogP contribution is -2.39. The number of aromatic nitrogens is 2. The maximum atomic E-state index is 14.2. The molecule has 3 aromatic rings. The van der Waals surface area contributed by atoms with E-state index in [0.29, 0.717) is 42.8 Å². The van der Waals surface area contributed by atoms with Gasteiger partial charge in [-0.15, -0.1) is 0 Å². The number of rotatable bonds is 7. The molecule has 0 aliphatic carbocycles. The maximum Gasteiger partial charge on any atom is 0.243 e. The molecule has 10 heteroatoms. The minimum Gasteiger partial charge on any atom is -0.376 e. The number of hydrogen-bond acceptors (Lipinski definition) is 5. The summed E-state index contributed by atoms with van der Waals surface area (Å²) in [6.45, 7) is 4.40. The molecule has 0 N–H and O–H groups in total. The molecule has 2 aliphatic rings. The minimum absolute atomic E-state index is 0.0379. The van der Waals surface area contributed by atoms with E-state index in [-0.39, 0.29) is 22.3 Å². The fourth-order valence-electron chi connectivity index (χ4n) is 4.84. The molecule has 2 saturated heterocycles. The van der Waals surface area contributed by atoms with Gasteiger partial charge in [0.2, 0.25) is 10.0 Å². The Balaban J connectivity index is 1.48. The Morgan fingerprint density at radius 2 is 2.00 bits per heavy atom. The minimum atomic E-state index is -3.62. The van der Waals surface area contributed by atoms with Crippen LogP contribution < -0.4 is 0 Å². The highest BCUT2D eigenvalue weighted by molar-refractivity contribution is 7.98. The van der Waals surface area contributed by atoms with Crippen LogP contribution in [-0.2, 0) is 27.1 Å². The number of imidazole rings is 1. The molecular formula is C25H29F2N3O3S2. The summed E-state index contributed by atoms with van der Waals surface area (Å²) in [6.07, 6.45) is 3.85. The van der Waals surface area contributed by atoms with Crippen molar-refractivity contribution in [2.75, 3.05) is 19.7 Å². The second-order valence-electron chi connectivity index (χ2n) is 9.43. The van der Waals surface area contributed by atoms with Crippen LogP contribution in [0.3, 0.4) is 0 Å². The fraction of sp³-hybridized carbons (Fsp3) is 0.480. The van der Waals surface area contributed by atoms with E-state index in [2.05, 4.69) is 6.92 Å². The van der Waals surface area contributed by atoms with Crippen molar-refractivity contribution in [1.82, 2.24) is 13.9 Å². The Hall–Kier alpha value is -2.01. The summed E-state index contributed by atoms with van der Waals surface area (Å²) in [7, 11) is -3.62. The molecular weight excluding hydrogens is 492 g/mol. The SMILES string of the molecule is C[C@H]1CCCN(S(=O)(=O)c2ccc3c(c2)nc(SCc2cc(F)ccc2F)n3C[C@H]2CCCO2)C1. The Kier molecular flexibility index (Phi) is 7.16. The second kappa shape index (κ2) is 10.2. The van der Waals surface area contributed by atoms with Gasteiger partial charge in [0.05, 0.1) is 28.6 Å². The molecule has 2 aromatic carbocycles. The van der Waals surface area contributed by atoms with E-state index in [1.807, 2.05) is 4.57 Å². The average Bonchev–Trinajstić information content (AvgIpc) is 3.47. The number of fused-ring (bicyclic) bond motifs is 1. The molecule has 35 heavy (non-hydrogen) atoms. The molecule has 0 radical (unpaired) electrons. The lowest BCUT2D eigenvalue weighted by Gasteiger charge is -2.30.